The lowest BCUT2D eigenvalue weighted by molar-refractivity contribution is -0.113. The molecule has 1 N–H and O–H groups in total. The van der Waals surface area contributed by atoms with Crippen LogP contribution in [0.4, 0.5) is 5.69 Å². The van der Waals surface area contributed by atoms with Gasteiger partial charge >= 0.3 is 5.97 Å². The summed E-state index contributed by atoms with van der Waals surface area (Å²) in [6.07, 6.45) is 3.57. The van der Waals surface area contributed by atoms with Crippen molar-refractivity contribution >= 4 is 40.9 Å². The van der Waals surface area contributed by atoms with Crippen LogP contribution in [0, 0.1) is 0 Å². The summed E-state index contributed by atoms with van der Waals surface area (Å²) in [5, 5.41) is 9.79. The third kappa shape index (κ3) is 4.47. The highest BCUT2D eigenvalue weighted by Gasteiger charge is 2.30. The number of hydrogen-bond donors (Lipinski definition) is 1. The van der Waals surface area contributed by atoms with E-state index in [0.717, 1.165) is 11.1 Å². The third-order valence-corrected chi connectivity index (χ3v) is 5.48. The van der Waals surface area contributed by atoms with E-state index in [0.29, 0.717) is 33.5 Å². The molecule has 0 saturated carbocycles. The molecule has 7 heteroatoms. The van der Waals surface area contributed by atoms with E-state index in [1.54, 1.807) is 67.7 Å². The molecule has 0 fully saturated rings. The van der Waals surface area contributed by atoms with Crippen LogP contribution in [0.15, 0.2) is 78.4 Å². The number of carbonyl (C=O) groups is 2. The van der Waals surface area contributed by atoms with Gasteiger partial charge in [0.15, 0.2) is 11.5 Å². The SMILES string of the molecule is COc1ccc(/C=C2\C=C(c3ccc(Cl)cc3)N(c3ccc(C(=O)O)cc3)C2=O)cc1OC. The van der Waals surface area contributed by atoms with Crippen LogP contribution in [-0.4, -0.2) is 31.2 Å². The monoisotopic (exact) mass is 461 g/mol. The molecular weight excluding hydrogens is 442 g/mol. The minimum absolute atomic E-state index is 0.142. The molecule has 0 bridgehead atoms. The predicted molar refractivity (Wildman–Crippen MR) is 128 cm³/mol. The van der Waals surface area contributed by atoms with E-state index < -0.39 is 5.97 Å². The van der Waals surface area contributed by atoms with Crippen LogP contribution in [0.3, 0.4) is 0 Å². The Labute approximate surface area is 195 Å². The molecule has 166 valence electrons. The van der Waals surface area contributed by atoms with E-state index >= 15 is 0 Å². The average Bonchev–Trinajstić information content (AvgIpc) is 3.15. The van der Waals surface area contributed by atoms with Gasteiger partial charge in [0.25, 0.3) is 5.91 Å². The Hall–Kier alpha value is -4.03. The molecule has 3 aromatic carbocycles. The summed E-state index contributed by atoms with van der Waals surface area (Å²) in [7, 11) is 3.11. The topological polar surface area (TPSA) is 76.1 Å². The first-order valence-corrected chi connectivity index (χ1v) is 10.4. The number of rotatable bonds is 6. The number of hydrogen-bond acceptors (Lipinski definition) is 4. The van der Waals surface area contributed by atoms with Crippen molar-refractivity contribution in [2.45, 2.75) is 0 Å². The number of carbonyl (C=O) groups excluding carboxylic acids is 1. The number of aromatic carboxylic acids is 1. The van der Waals surface area contributed by atoms with E-state index in [4.69, 9.17) is 21.1 Å². The summed E-state index contributed by atoms with van der Waals surface area (Å²) in [4.78, 5) is 26.3. The second-order valence-electron chi connectivity index (χ2n) is 7.24. The van der Waals surface area contributed by atoms with Crippen molar-refractivity contribution in [2.24, 2.45) is 0 Å². The van der Waals surface area contributed by atoms with E-state index in [2.05, 4.69) is 0 Å². The molecule has 0 atom stereocenters. The van der Waals surface area contributed by atoms with Gasteiger partial charge in [-0.05, 0) is 71.8 Å². The largest absolute Gasteiger partial charge is 0.493 e. The van der Waals surface area contributed by atoms with Gasteiger partial charge in [0.1, 0.15) is 0 Å². The molecule has 0 saturated heterocycles. The molecule has 33 heavy (non-hydrogen) atoms. The maximum absolute atomic E-state index is 13.5. The van der Waals surface area contributed by atoms with Crippen LogP contribution < -0.4 is 14.4 Å². The third-order valence-electron chi connectivity index (χ3n) is 5.23. The number of halogens is 1. The fourth-order valence-electron chi connectivity index (χ4n) is 3.58. The highest BCUT2D eigenvalue weighted by Crippen LogP contribution is 2.36. The van der Waals surface area contributed by atoms with Gasteiger partial charge in [-0.15, -0.1) is 0 Å². The van der Waals surface area contributed by atoms with Gasteiger partial charge in [0, 0.05) is 16.3 Å². The zero-order chi connectivity index (χ0) is 23.5. The number of methoxy groups -OCH3 is 2. The Balaban J connectivity index is 1.79. The fraction of sp³-hybridized carbons (Fsp3) is 0.0769. The summed E-state index contributed by atoms with van der Waals surface area (Å²) < 4.78 is 10.6. The number of carboxylic acids is 1. The Bertz CT molecular complexity index is 1280. The molecule has 1 amide bonds. The van der Waals surface area contributed by atoms with Crippen molar-refractivity contribution < 1.29 is 24.2 Å². The van der Waals surface area contributed by atoms with Gasteiger partial charge in [0.05, 0.1) is 25.5 Å². The molecule has 1 heterocycles. The minimum atomic E-state index is -1.03. The number of ether oxygens (including phenoxy) is 2. The van der Waals surface area contributed by atoms with E-state index in [1.165, 1.54) is 12.1 Å². The lowest BCUT2D eigenvalue weighted by Gasteiger charge is -2.21. The summed E-state index contributed by atoms with van der Waals surface area (Å²) in [5.41, 5.74) is 3.39. The number of amides is 1. The fourth-order valence-corrected chi connectivity index (χ4v) is 3.71. The molecule has 1 aliphatic rings. The number of benzene rings is 3. The Morgan fingerprint density at radius 3 is 2.21 bits per heavy atom. The molecule has 0 aliphatic carbocycles. The van der Waals surface area contributed by atoms with Crippen LogP contribution in [0.1, 0.15) is 21.5 Å². The zero-order valence-electron chi connectivity index (χ0n) is 17.9. The van der Waals surface area contributed by atoms with E-state index in [-0.39, 0.29) is 11.5 Å². The molecule has 4 rings (SSSR count). The first-order valence-electron chi connectivity index (χ1n) is 10.0. The summed E-state index contributed by atoms with van der Waals surface area (Å²) in [6.45, 7) is 0. The summed E-state index contributed by atoms with van der Waals surface area (Å²) in [6, 6.07) is 18.8. The molecule has 1 aliphatic heterocycles. The first-order chi connectivity index (χ1) is 15.9. The molecule has 0 radical (unpaired) electrons. The molecule has 6 nitrogen and oxygen atoms in total. The summed E-state index contributed by atoms with van der Waals surface area (Å²) in [5.74, 6) is -0.120. The summed E-state index contributed by atoms with van der Waals surface area (Å²) >= 11 is 6.05. The standard InChI is InChI=1S/C26H20ClNO5/c1-32-23-12-3-16(14-24(23)33-2)13-19-15-22(17-4-8-20(27)9-5-17)28(25(19)29)21-10-6-18(7-11-21)26(30)31/h3-15H,1-2H3,(H,30,31)/b19-13+. The van der Waals surface area contributed by atoms with Gasteiger partial charge in [-0.1, -0.05) is 29.8 Å². The minimum Gasteiger partial charge on any atom is -0.493 e. The van der Waals surface area contributed by atoms with Crippen LogP contribution in [0.2, 0.25) is 5.02 Å². The van der Waals surface area contributed by atoms with Crippen molar-refractivity contribution in [3.8, 4) is 11.5 Å². The maximum atomic E-state index is 13.5. The highest BCUT2D eigenvalue weighted by molar-refractivity contribution is 6.30. The second-order valence-corrected chi connectivity index (χ2v) is 7.68. The van der Waals surface area contributed by atoms with Crippen molar-refractivity contribution in [2.75, 3.05) is 19.1 Å². The second kappa shape index (κ2) is 9.22. The van der Waals surface area contributed by atoms with E-state index in [1.807, 2.05) is 18.2 Å². The lowest BCUT2D eigenvalue weighted by atomic mass is 10.1. The average molecular weight is 462 g/mol. The molecule has 0 spiro atoms. The normalized spacial score (nSPS) is 14.4. The van der Waals surface area contributed by atoms with Crippen molar-refractivity contribution in [3.05, 3.63) is 100 Å². The quantitative estimate of drug-likeness (QED) is 0.489. The maximum Gasteiger partial charge on any atom is 0.335 e. The highest BCUT2D eigenvalue weighted by atomic mass is 35.5. The van der Waals surface area contributed by atoms with Crippen LogP contribution in [0.5, 0.6) is 11.5 Å². The van der Waals surface area contributed by atoms with Gasteiger partial charge in [-0.3, -0.25) is 9.69 Å². The van der Waals surface area contributed by atoms with Crippen molar-refractivity contribution in [1.82, 2.24) is 0 Å². The first kappa shape index (κ1) is 22.2. The Morgan fingerprint density at radius 1 is 0.939 bits per heavy atom. The van der Waals surface area contributed by atoms with Crippen LogP contribution in [-0.2, 0) is 4.79 Å². The Kier molecular flexibility index (Phi) is 6.20. The van der Waals surface area contributed by atoms with Gasteiger partial charge in [0.2, 0.25) is 0 Å². The molecule has 0 aromatic heterocycles. The Morgan fingerprint density at radius 2 is 1.61 bits per heavy atom. The molecule has 3 aromatic rings. The van der Waals surface area contributed by atoms with Crippen molar-refractivity contribution in [1.29, 1.82) is 0 Å². The number of carboxylic acid groups (broad SMARTS) is 1. The van der Waals surface area contributed by atoms with Gasteiger partial charge < -0.3 is 14.6 Å². The smallest absolute Gasteiger partial charge is 0.335 e. The number of anilines is 1. The molecule has 0 unspecified atom stereocenters. The molecular formula is C26H20ClNO5. The van der Waals surface area contributed by atoms with Gasteiger partial charge in [-0.25, -0.2) is 4.79 Å². The number of nitrogens with zero attached hydrogens (tertiary/aromatic N) is 1. The predicted octanol–water partition coefficient (Wildman–Crippen LogP) is 5.53. The van der Waals surface area contributed by atoms with Crippen LogP contribution >= 0.6 is 11.6 Å². The van der Waals surface area contributed by atoms with Gasteiger partial charge in [-0.2, -0.15) is 0 Å². The van der Waals surface area contributed by atoms with Crippen LogP contribution in [0.25, 0.3) is 11.8 Å². The zero-order valence-corrected chi connectivity index (χ0v) is 18.7. The van der Waals surface area contributed by atoms with Crippen molar-refractivity contribution in [3.63, 3.8) is 0 Å². The van der Waals surface area contributed by atoms with E-state index in [9.17, 15) is 14.7 Å². The lowest BCUT2D eigenvalue weighted by Crippen LogP contribution is -2.25.